The summed E-state index contributed by atoms with van der Waals surface area (Å²) in [5.41, 5.74) is 2.17. The average Bonchev–Trinajstić information content (AvgIpc) is 2.89. The third-order valence-corrected chi connectivity index (χ3v) is 4.04. The molecule has 1 N–H and O–H groups in total. The van der Waals surface area contributed by atoms with Crippen LogP contribution in [0.15, 0.2) is 54.6 Å². The Bertz CT molecular complexity index is 713. The van der Waals surface area contributed by atoms with E-state index in [4.69, 9.17) is 0 Å². The number of rotatable bonds is 4. The largest absolute Gasteiger partial charge is 0.288 e. The van der Waals surface area contributed by atoms with Gasteiger partial charge in [0.15, 0.2) is 0 Å². The fourth-order valence-electron chi connectivity index (χ4n) is 2.72. The van der Waals surface area contributed by atoms with E-state index in [0.29, 0.717) is 11.4 Å². The van der Waals surface area contributed by atoms with Gasteiger partial charge >= 0.3 is 0 Å². The molecule has 1 atom stereocenters. The molecule has 0 bridgehead atoms. The summed E-state index contributed by atoms with van der Waals surface area (Å²) in [6.07, 6.45) is 0.850. The molecule has 1 unspecified atom stereocenters. The van der Waals surface area contributed by atoms with Crippen molar-refractivity contribution in [3.05, 3.63) is 60.2 Å². The molecule has 2 aromatic rings. The predicted octanol–water partition coefficient (Wildman–Crippen LogP) is 2.78. The lowest BCUT2D eigenvalue weighted by Gasteiger charge is -2.22. The molecule has 5 heteroatoms. The van der Waals surface area contributed by atoms with Gasteiger partial charge in [0.05, 0.1) is 17.8 Å². The van der Waals surface area contributed by atoms with E-state index in [9.17, 15) is 14.8 Å². The molecular formula is C18H18N2O3. The number of imide groups is 1. The van der Waals surface area contributed by atoms with Gasteiger partial charge in [0.2, 0.25) is 5.91 Å². The van der Waals surface area contributed by atoms with Crippen LogP contribution in [0.25, 0.3) is 0 Å². The van der Waals surface area contributed by atoms with Gasteiger partial charge in [-0.25, -0.2) is 9.96 Å². The van der Waals surface area contributed by atoms with Crippen LogP contribution in [-0.2, 0) is 16.0 Å². The number of carbonyl (C=O) groups excluding carboxylic acids is 2. The molecule has 1 aliphatic heterocycles. The molecule has 3 rings (SSSR count). The molecule has 1 heterocycles. The van der Waals surface area contributed by atoms with Crippen LogP contribution in [0.5, 0.6) is 0 Å². The number of hydroxylamine groups is 1. The summed E-state index contributed by atoms with van der Waals surface area (Å²) in [6, 6.07) is 15.2. The van der Waals surface area contributed by atoms with Crippen molar-refractivity contribution in [2.24, 2.45) is 0 Å². The molecule has 5 nitrogen and oxygen atoms in total. The van der Waals surface area contributed by atoms with E-state index < -0.39 is 11.9 Å². The third-order valence-electron chi connectivity index (χ3n) is 4.04. The average molecular weight is 310 g/mol. The van der Waals surface area contributed by atoms with Gasteiger partial charge in [-0.15, -0.1) is 0 Å². The smallest absolute Gasteiger partial charge is 0.259 e. The molecule has 1 aliphatic rings. The number of amides is 2. The highest BCUT2D eigenvalue weighted by Crippen LogP contribution is 2.27. The van der Waals surface area contributed by atoms with E-state index in [0.717, 1.165) is 21.9 Å². The van der Waals surface area contributed by atoms with Crippen LogP contribution in [0.3, 0.4) is 0 Å². The van der Waals surface area contributed by atoms with E-state index in [-0.39, 0.29) is 12.3 Å². The summed E-state index contributed by atoms with van der Waals surface area (Å²) in [7, 11) is 0. The number of benzene rings is 2. The Kier molecular flexibility index (Phi) is 4.12. The maximum Gasteiger partial charge on any atom is 0.259 e. The van der Waals surface area contributed by atoms with E-state index in [1.165, 1.54) is 0 Å². The maximum absolute atomic E-state index is 12.6. The second-order valence-electron chi connectivity index (χ2n) is 5.49. The third kappa shape index (κ3) is 2.83. The molecule has 2 aromatic carbocycles. The van der Waals surface area contributed by atoms with Crippen LogP contribution < -0.4 is 9.96 Å². The SMILES string of the molecule is CCc1ccc(N2C(=O)CC(N(O)c3ccccc3)C2=O)cc1. The number of para-hydroxylation sites is 1. The number of hydrogen-bond acceptors (Lipinski definition) is 4. The Labute approximate surface area is 134 Å². The van der Waals surface area contributed by atoms with Crippen molar-refractivity contribution >= 4 is 23.2 Å². The summed E-state index contributed by atoms with van der Waals surface area (Å²) < 4.78 is 0. The van der Waals surface area contributed by atoms with Crippen LogP contribution >= 0.6 is 0 Å². The first-order valence-corrected chi connectivity index (χ1v) is 7.60. The normalized spacial score (nSPS) is 17.7. The van der Waals surface area contributed by atoms with Crippen molar-refractivity contribution in [3.63, 3.8) is 0 Å². The fraction of sp³-hybridized carbons (Fsp3) is 0.222. The molecule has 1 fully saturated rings. The minimum atomic E-state index is -0.893. The van der Waals surface area contributed by atoms with E-state index in [2.05, 4.69) is 0 Å². The second kappa shape index (κ2) is 6.22. The van der Waals surface area contributed by atoms with E-state index in [1.54, 1.807) is 36.4 Å². The van der Waals surface area contributed by atoms with Crippen LogP contribution in [0.4, 0.5) is 11.4 Å². The van der Waals surface area contributed by atoms with Crippen molar-refractivity contribution in [2.75, 3.05) is 9.96 Å². The van der Waals surface area contributed by atoms with Crippen LogP contribution in [-0.4, -0.2) is 23.1 Å². The van der Waals surface area contributed by atoms with Crippen molar-refractivity contribution in [3.8, 4) is 0 Å². The molecule has 23 heavy (non-hydrogen) atoms. The van der Waals surface area contributed by atoms with Gasteiger partial charge in [0, 0.05) is 0 Å². The maximum atomic E-state index is 12.6. The Balaban J connectivity index is 1.84. The summed E-state index contributed by atoms with van der Waals surface area (Å²) in [4.78, 5) is 26.0. The number of hydrogen-bond donors (Lipinski definition) is 1. The van der Waals surface area contributed by atoms with Gasteiger partial charge in [-0.2, -0.15) is 0 Å². The highest BCUT2D eigenvalue weighted by Gasteiger charge is 2.43. The summed E-state index contributed by atoms with van der Waals surface area (Å²) >= 11 is 0. The lowest BCUT2D eigenvalue weighted by atomic mass is 10.1. The first kappa shape index (κ1) is 15.2. The molecule has 1 saturated heterocycles. The Morgan fingerprint density at radius 3 is 2.35 bits per heavy atom. The van der Waals surface area contributed by atoms with Crippen molar-refractivity contribution in [1.82, 2.24) is 0 Å². The topological polar surface area (TPSA) is 60.9 Å². The quantitative estimate of drug-likeness (QED) is 0.697. The first-order chi connectivity index (χ1) is 11.1. The molecule has 0 aromatic heterocycles. The number of nitrogens with zero attached hydrogens (tertiary/aromatic N) is 2. The van der Waals surface area contributed by atoms with Crippen LogP contribution in [0.2, 0.25) is 0 Å². The summed E-state index contributed by atoms with van der Waals surface area (Å²) in [5.74, 6) is -0.718. The first-order valence-electron chi connectivity index (χ1n) is 7.60. The Morgan fingerprint density at radius 2 is 1.74 bits per heavy atom. The summed E-state index contributed by atoms with van der Waals surface area (Å²) in [6.45, 7) is 2.04. The second-order valence-corrected chi connectivity index (χ2v) is 5.49. The van der Waals surface area contributed by atoms with E-state index >= 15 is 0 Å². The zero-order chi connectivity index (χ0) is 16.4. The van der Waals surface area contributed by atoms with Gasteiger partial charge < -0.3 is 0 Å². The van der Waals surface area contributed by atoms with Crippen molar-refractivity contribution in [1.29, 1.82) is 0 Å². The molecule has 0 radical (unpaired) electrons. The monoisotopic (exact) mass is 310 g/mol. The van der Waals surface area contributed by atoms with Gasteiger partial charge in [-0.3, -0.25) is 14.8 Å². The zero-order valence-corrected chi connectivity index (χ0v) is 12.8. The van der Waals surface area contributed by atoms with E-state index in [1.807, 2.05) is 25.1 Å². The molecule has 2 amide bonds. The van der Waals surface area contributed by atoms with Gasteiger partial charge in [-0.1, -0.05) is 37.3 Å². The number of aryl methyl sites for hydroxylation is 1. The summed E-state index contributed by atoms with van der Waals surface area (Å²) in [5, 5.41) is 11.2. The van der Waals surface area contributed by atoms with Crippen LogP contribution in [0.1, 0.15) is 18.9 Å². The lowest BCUT2D eigenvalue weighted by Crippen LogP contribution is -2.40. The Morgan fingerprint density at radius 1 is 1.09 bits per heavy atom. The highest BCUT2D eigenvalue weighted by molar-refractivity contribution is 6.23. The predicted molar refractivity (Wildman–Crippen MR) is 87.4 cm³/mol. The fourth-order valence-corrected chi connectivity index (χ4v) is 2.72. The van der Waals surface area contributed by atoms with Gasteiger partial charge in [-0.05, 0) is 36.2 Å². The Hall–Kier alpha value is -2.66. The van der Waals surface area contributed by atoms with Crippen molar-refractivity contribution in [2.45, 2.75) is 25.8 Å². The molecule has 118 valence electrons. The molecule has 0 saturated carbocycles. The lowest BCUT2D eigenvalue weighted by molar-refractivity contribution is -0.121. The van der Waals surface area contributed by atoms with Gasteiger partial charge in [0.25, 0.3) is 5.91 Å². The minimum Gasteiger partial charge on any atom is -0.288 e. The number of anilines is 2. The molecular weight excluding hydrogens is 292 g/mol. The zero-order valence-electron chi connectivity index (χ0n) is 12.8. The van der Waals surface area contributed by atoms with Crippen LogP contribution in [0, 0.1) is 0 Å². The molecule has 0 spiro atoms. The molecule has 0 aliphatic carbocycles. The standard InChI is InChI=1S/C18H18N2O3/c1-2-13-8-10-14(11-9-13)19-17(21)12-16(18(19)22)20(23)15-6-4-3-5-7-15/h3-11,16,23H,2,12H2,1H3. The van der Waals surface area contributed by atoms with Crippen molar-refractivity contribution < 1.29 is 14.8 Å². The van der Waals surface area contributed by atoms with Gasteiger partial charge in [0.1, 0.15) is 6.04 Å². The number of carbonyl (C=O) groups is 2. The minimum absolute atomic E-state index is 0.0419. The highest BCUT2D eigenvalue weighted by atomic mass is 16.5.